The second-order valence-electron chi connectivity index (χ2n) is 3.46. The second kappa shape index (κ2) is 7.86. The van der Waals surface area contributed by atoms with Gasteiger partial charge in [-0.2, -0.15) is 11.8 Å². The lowest BCUT2D eigenvalue weighted by Gasteiger charge is -2.05. The highest BCUT2D eigenvalue weighted by molar-refractivity contribution is 9.11. The number of rotatable bonds is 8. The zero-order valence-corrected chi connectivity index (χ0v) is 14.0. The van der Waals surface area contributed by atoms with E-state index in [2.05, 4.69) is 27.6 Å². The first-order valence-electron chi connectivity index (χ1n) is 5.47. The van der Waals surface area contributed by atoms with Gasteiger partial charge in [0.25, 0.3) is 0 Å². The van der Waals surface area contributed by atoms with Crippen molar-refractivity contribution in [1.82, 2.24) is 4.72 Å². The Morgan fingerprint density at radius 3 is 2.83 bits per heavy atom. The summed E-state index contributed by atoms with van der Waals surface area (Å²) in [5.74, 6) is 1.99. The van der Waals surface area contributed by atoms with Gasteiger partial charge >= 0.3 is 0 Å². The van der Waals surface area contributed by atoms with E-state index in [1.165, 1.54) is 17.4 Å². The Bertz CT molecular complexity index is 473. The van der Waals surface area contributed by atoms with Gasteiger partial charge < -0.3 is 5.11 Å². The van der Waals surface area contributed by atoms with Crippen LogP contribution in [-0.4, -0.2) is 31.6 Å². The van der Waals surface area contributed by atoms with Gasteiger partial charge in [0.15, 0.2) is 0 Å². The van der Waals surface area contributed by atoms with E-state index in [9.17, 15) is 8.42 Å². The Morgan fingerprint density at radius 2 is 2.28 bits per heavy atom. The molecule has 0 atom stereocenters. The predicted octanol–water partition coefficient (Wildman–Crippen LogP) is 2.42. The summed E-state index contributed by atoms with van der Waals surface area (Å²) in [4.78, 5) is 0.837. The molecule has 0 aliphatic heterocycles. The largest absolute Gasteiger partial charge is 0.391 e. The average molecular weight is 374 g/mol. The van der Waals surface area contributed by atoms with Gasteiger partial charge in [-0.3, -0.25) is 0 Å². The lowest BCUT2D eigenvalue weighted by atomic mass is 10.5. The van der Waals surface area contributed by atoms with Crippen LogP contribution in [0.4, 0.5) is 0 Å². The molecule has 0 saturated carbocycles. The van der Waals surface area contributed by atoms with Crippen LogP contribution in [0.5, 0.6) is 0 Å². The first kappa shape index (κ1) is 16.5. The summed E-state index contributed by atoms with van der Waals surface area (Å²) < 4.78 is 27.1. The van der Waals surface area contributed by atoms with Crippen LogP contribution >= 0.6 is 39.0 Å². The van der Waals surface area contributed by atoms with Gasteiger partial charge in [-0.1, -0.05) is 6.92 Å². The van der Waals surface area contributed by atoms with Gasteiger partial charge in [0.05, 0.1) is 10.4 Å². The molecule has 0 spiro atoms. The molecular formula is C10H16BrNO3S3. The van der Waals surface area contributed by atoms with Crippen LogP contribution in [-0.2, 0) is 16.6 Å². The van der Waals surface area contributed by atoms with Crippen molar-refractivity contribution < 1.29 is 13.5 Å². The molecule has 0 fully saturated rings. The van der Waals surface area contributed by atoms with Crippen molar-refractivity contribution in [3.05, 3.63) is 14.7 Å². The van der Waals surface area contributed by atoms with Crippen LogP contribution in [0.25, 0.3) is 0 Å². The zero-order valence-electron chi connectivity index (χ0n) is 9.98. The molecule has 0 aliphatic carbocycles. The minimum absolute atomic E-state index is 0.147. The smallest absolute Gasteiger partial charge is 0.242 e. The number of sulfonamides is 1. The second-order valence-corrected chi connectivity index (χ2v) is 9.04. The number of thioether (sulfide) groups is 1. The maximum atomic E-state index is 12.0. The monoisotopic (exact) mass is 373 g/mol. The normalized spacial score (nSPS) is 11.9. The first-order chi connectivity index (χ1) is 8.51. The molecular weight excluding hydrogens is 358 g/mol. The molecule has 2 N–H and O–H groups in total. The first-order valence-corrected chi connectivity index (χ1v) is 9.72. The molecule has 0 saturated heterocycles. The fourth-order valence-corrected chi connectivity index (χ4v) is 5.51. The Balaban J connectivity index is 2.60. The maximum absolute atomic E-state index is 12.0. The molecule has 0 aliphatic rings. The Labute approximate surface area is 124 Å². The minimum atomic E-state index is -3.47. The summed E-state index contributed by atoms with van der Waals surface area (Å²) in [7, 11) is -3.47. The number of halogens is 1. The summed E-state index contributed by atoms with van der Waals surface area (Å²) in [6.07, 6.45) is 0.812. The van der Waals surface area contributed by atoms with Crippen molar-refractivity contribution in [3.63, 3.8) is 0 Å². The van der Waals surface area contributed by atoms with Crippen molar-refractivity contribution in [2.45, 2.75) is 24.8 Å². The Morgan fingerprint density at radius 1 is 1.56 bits per heavy atom. The SMILES string of the molecule is CCSCCCNS(=O)(=O)c1cc(CO)sc1Br. The highest BCUT2D eigenvalue weighted by Gasteiger charge is 2.20. The summed E-state index contributed by atoms with van der Waals surface area (Å²) in [5, 5.41) is 8.99. The number of thiophene rings is 1. The van der Waals surface area contributed by atoms with Crippen LogP contribution in [0.3, 0.4) is 0 Å². The van der Waals surface area contributed by atoms with Gasteiger partial charge in [0.2, 0.25) is 10.0 Å². The molecule has 1 aromatic heterocycles. The van der Waals surface area contributed by atoms with E-state index < -0.39 is 10.0 Å². The van der Waals surface area contributed by atoms with E-state index in [-0.39, 0.29) is 11.5 Å². The maximum Gasteiger partial charge on any atom is 0.242 e. The van der Waals surface area contributed by atoms with Crippen LogP contribution in [0.15, 0.2) is 14.7 Å². The van der Waals surface area contributed by atoms with E-state index in [4.69, 9.17) is 5.11 Å². The van der Waals surface area contributed by atoms with E-state index >= 15 is 0 Å². The third kappa shape index (κ3) is 4.82. The lowest BCUT2D eigenvalue weighted by Crippen LogP contribution is -2.25. The topological polar surface area (TPSA) is 66.4 Å². The van der Waals surface area contributed by atoms with E-state index in [1.807, 2.05) is 0 Å². The van der Waals surface area contributed by atoms with Crippen molar-refractivity contribution in [2.24, 2.45) is 0 Å². The molecule has 0 amide bonds. The Hall–Kier alpha value is 0.400. The third-order valence-electron chi connectivity index (χ3n) is 2.11. The summed E-state index contributed by atoms with van der Waals surface area (Å²) in [6.45, 7) is 2.37. The fourth-order valence-electron chi connectivity index (χ4n) is 1.26. The standard InChI is InChI=1S/C10H16BrNO3S3/c1-2-16-5-3-4-12-18(14,15)9-6-8(7-13)17-10(9)11/h6,12-13H,2-5,7H2,1H3. The van der Waals surface area contributed by atoms with Crippen LogP contribution in [0.2, 0.25) is 0 Å². The van der Waals surface area contributed by atoms with E-state index in [0.29, 0.717) is 15.2 Å². The average Bonchev–Trinajstić information content (AvgIpc) is 2.71. The van der Waals surface area contributed by atoms with Gasteiger partial charge in [0.1, 0.15) is 4.90 Å². The molecule has 18 heavy (non-hydrogen) atoms. The molecule has 8 heteroatoms. The lowest BCUT2D eigenvalue weighted by molar-refractivity contribution is 0.285. The van der Waals surface area contributed by atoms with Crippen molar-refractivity contribution >= 4 is 49.1 Å². The minimum Gasteiger partial charge on any atom is -0.391 e. The molecule has 1 rings (SSSR count). The van der Waals surface area contributed by atoms with Crippen LogP contribution < -0.4 is 4.72 Å². The fraction of sp³-hybridized carbons (Fsp3) is 0.600. The van der Waals surface area contributed by atoms with Crippen molar-refractivity contribution in [2.75, 3.05) is 18.1 Å². The van der Waals surface area contributed by atoms with Crippen LogP contribution in [0, 0.1) is 0 Å². The highest BCUT2D eigenvalue weighted by Crippen LogP contribution is 2.31. The number of hydrogen-bond acceptors (Lipinski definition) is 5. The van der Waals surface area contributed by atoms with Gasteiger partial charge in [-0.15, -0.1) is 11.3 Å². The number of aliphatic hydroxyl groups is 1. The number of nitrogens with one attached hydrogen (secondary N) is 1. The molecule has 1 aromatic rings. The van der Waals surface area contributed by atoms with Crippen LogP contribution in [0.1, 0.15) is 18.2 Å². The van der Waals surface area contributed by atoms with Gasteiger partial charge in [-0.05, 0) is 39.9 Å². The van der Waals surface area contributed by atoms with Gasteiger partial charge in [0, 0.05) is 11.4 Å². The summed E-state index contributed by atoms with van der Waals surface area (Å²) in [5.41, 5.74) is 0. The quantitative estimate of drug-likeness (QED) is 0.686. The molecule has 104 valence electrons. The molecule has 0 aromatic carbocycles. The molecule has 0 bridgehead atoms. The zero-order chi connectivity index (χ0) is 13.6. The summed E-state index contributed by atoms with van der Waals surface area (Å²) >= 11 is 6.23. The Kier molecular flexibility index (Phi) is 7.19. The van der Waals surface area contributed by atoms with E-state index in [1.54, 1.807) is 11.8 Å². The molecule has 0 unspecified atom stereocenters. The third-order valence-corrected chi connectivity index (χ3v) is 6.80. The highest BCUT2D eigenvalue weighted by atomic mass is 79.9. The number of hydrogen-bond donors (Lipinski definition) is 2. The predicted molar refractivity (Wildman–Crippen MR) is 80.7 cm³/mol. The number of aliphatic hydroxyl groups excluding tert-OH is 1. The molecule has 0 radical (unpaired) electrons. The molecule has 4 nitrogen and oxygen atoms in total. The van der Waals surface area contributed by atoms with Crippen molar-refractivity contribution in [1.29, 1.82) is 0 Å². The summed E-state index contributed by atoms with van der Waals surface area (Å²) in [6, 6.07) is 1.50. The van der Waals surface area contributed by atoms with Crippen molar-refractivity contribution in [3.8, 4) is 0 Å². The van der Waals surface area contributed by atoms with E-state index in [0.717, 1.165) is 17.9 Å². The molecule has 1 heterocycles. The van der Waals surface area contributed by atoms with Gasteiger partial charge in [-0.25, -0.2) is 13.1 Å².